The lowest BCUT2D eigenvalue weighted by molar-refractivity contribution is 0.387. The van der Waals surface area contributed by atoms with Crippen LogP contribution in [-0.2, 0) is 6.54 Å². The number of nitrogen functional groups attached to an aromatic ring is 1. The summed E-state index contributed by atoms with van der Waals surface area (Å²) in [5.41, 5.74) is 6.95. The lowest BCUT2D eigenvalue weighted by Crippen LogP contribution is -2.05. The van der Waals surface area contributed by atoms with Gasteiger partial charge in [-0.1, -0.05) is 18.2 Å². The third-order valence-electron chi connectivity index (χ3n) is 2.75. The van der Waals surface area contributed by atoms with Crippen LogP contribution >= 0.6 is 0 Å². The summed E-state index contributed by atoms with van der Waals surface area (Å²) in [5.74, 6) is -0.746. The van der Waals surface area contributed by atoms with Gasteiger partial charge in [0.2, 0.25) is 0 Å². The number of nitrogens with two attached hydrogens (primary N) is 1. The average Bonchev–Trinajstić information content (AvgIpc) is 2.39. The van der Waals surface area contributed by atoms with Crippen LogP contribution in [0.2, 0.25) is 0 Å². The summed E-state index contributed by atoms with van der Waals surface area (Å²) in [6, 6.07) is 9.03. The molecule has 100 valence electrons. The second-order valence-electron chi connectivity index (χ2n) is 4.02. The number of benzene rings is 2. The van der Waals surface area contributed by atoms with Gasteiger partial charge in [-0.25, -0.2) is 8.78 Å². The summed E-state index contributed by atoms with van der Waals surface area (Å²) in [4.78, 5) is 0. The quantitative estimate of drug-likeness (QED) is 0.834. The first-order valence-electron chi connectivity index (χ1n) is 5.72. The molecule has 0 aliphatic heterocycles. The van der Waals surface area contributed by atoms with Gasteiger partial charge in [0, 0.05) is 24.2 Å². The van der Waals surface area contributed by atoms with E-state index in [1.807, 2.05) is 0 Å². The number of rotatable bonds is 4. The first-order valence-corrected chi connectivity index (χ1v) is 5.72. The summed E-state index contributed by atoms with van der Waals surface area (Å²) >= 11 is 0. The molecule has 0 fully saturated rings. The molecule has 0 aliphatic carbocycles. The summed E-state index contributed by atoms with van der Waals surface area (Å²) in [5, 5.41) is 2.96. The molecule has 2 rings (SSSR count). The molecule has 19 heavy (non-hydrogen) atoms. The molecule has 0 aliphatic rings. The Morgan fingerprint density at radius 1 is 1.16 bits per heavy atom. The van der Waals surface area contributed by atoms with Crippen LogP contribution in [0.5, 0.6) is 5.75 Å². The molecule has 0 unspecified atom stereocenters. The molecule has 0 amide bonds. The molecule has 0 aromatic heterocycles. The van der Waals surface area contributed by atoms with E-state index in [1.165, 1.54) is 25.3 Å². The average molecular weight is 264 g/mol. The predicted octanol–water partition coefficient (Wildman–Crippen LogP) is 3.17. The van der Waals surface area contributed by atoms with Crippen LogP contribution in [0, 0.1) is 11.6 Å². The first-order chi connectivity index (χ1) is 9.11. The number of halogens is 2. The van der Waals surface area contributed by atoms with Gasteiger partial charge < -0.3 is 15.8 Å². The zero-order chi connectivity index (χ0) is 13.8. The molecule has 0 atom stereocenters. The van der Waals surface area contributed by atoms with Gasteiger partial charge in [0.25, 0.3) is 0 Å². The fraction of sp³-hybridized carbons (Fsp3) is 0.143. The highest BCUT2D eigenvalue weighted by Gasteiger charge is 2.08. The van der Waals surface area contributed by atoms with Crippen molar-refractivity contribution in [2.45, 2.75) is 6.54 Å². The van der Waals surface area contributed by atoms with Gasteiger partial charge in [-0.05, 0) is 6.07 Å². The van der Waals surface area contributed by atoms with Crippen LogP contribution in [0.4, 0.5) is 20.2 Å². The largest absolute Gasteiger partial charge is 0.494 e. The van der Waals surface area contributed by atoms with Crippen molar-refractivity contribution >= 4 is 11.4 Å². The smallest absolute Gasteiger partial charge is 0.167 e. The van der Waals surface area contributed by atoms with Crippen molar-refractivity contribution in [2.75, 3.05) is 18.2 Å². The Balaban J connectivity index is 2.18. The molecule has 2 aromatic rings. The van der Waals surface area contributed by atoms with E-state index in [0.717, 1.165) is 0 Å². The molecule has 5 heteroatoms. The van der Waals surface area contributed by atoms with E-state index in [4.69, 9.17) is 10.5 Å². The molecule has 0 radical (unpaired) electrons. The number of ether oxygens (including phenoxy) is 1. The summed E-state index contributed by atoms with van der Waals surface area (Å²) < 4.78 is 31.7. The number of methoxy groups -OCH3 is 1. The maximum absolute atomic E-state index is 13.4. The highest BCUT2D eigenvalue weighted by atomic mass is 19.1. The lowest BCUT2D eigenvalue weighted by Gasteiger charge is -2.12. The molecule has 0 heterocycles. The monoisotopic (exact) mass is 264 g/mol. The van der Waals surface area contributed by atoms with Gasteiger partial charge in [0.05, 0.1) is 18.5 Å². The SMILES string of the molecule is COc1cc(NCc2ccccc2F)c(N)cc1F. The van der Waals surface area contributed by atoms with Gasteiger partial charge in [-0.15, -0.1) is 0 Å². The van der Waals surface area contributed by atoms with Crippen molar-refractivity contribution in [2.24, 2.45) is 0 Å². The number of hydrogen-bond donors (Lipinski definition) is 2. The minimum absolute atomic E-state index is 0.0882. The van der Waals surface area contributed by atoms with Crippen LogP contribution in [0.1, 0.15) is 5.56 Å². The summed E-state index contributed by atoms with van der Waals surface area (Å²) in [6.45, 7) is 0.256. The van der Waals surface area contributed by atoms with Crippen LogP contribution in [-0.4, -0.2) is 7.11 Å². The lowest BCUT2D eigenvalue weighted by atomic mass is 10.2. The van der Waals surface area contributed by atoms with Gasteiger partial charge >= 0.3 is 0 Å². The van der Waals surface area contributed by atoms with Gasteiger partial charge in [0.15, 0.2) is 11.6 Å². The Morgan fingerprint density at radius 2 is 1.89 bits per heavy atom. The molecule has 0 saturated carbocycles. The Labute approximate surface area is 110 Å². The van der Waals surface area contributed by atoms with Crippen molar-refractivity contribution in [1.82, 2.24) is 0 Å². The highest BCUT2D eigenvalue weighted by Crippen LogP contribution is 2.28. The Kier molecular flexibility index (Phi) is 3.85. The minimum Gasteiger partial charge on any atom is -0.494 e. The van der Waals surface area contributed by atoms with Gasteiger partial charge in [0.1, 0.15) is 5.82 Å². The van der Waals surface area contributed by atoms with Crippen LogP contribution in [0.25, 0.3) is 0 Å². The van der Waals surface area contributed by atoms with Gasteiger partial charge in [-0.2, -0.15) is 0 Å². The first kappa shape index (κ1) is 13.1. The van der Waals surface area contributed by atoms with Crippen molar-refractivity contribution in [1.29, 1.82) is 0 Å². The zero-order valence-corrected chi connectivity index (χ0v) is 10.4. The molecule has 2 aromatic carbocycles. The predicted molar refractivity (Wildman–Crippen MR) is 71.1 cm³/mol. The van der Waals surface area contributed by atoms with E-state index in [9.17, 15) is 8.78 Å². The van der Waals surface area contributed by atoms with Crippen molar-refractivity contribution in [3.8, 4) is 5.75 Å². The highest BCUT2D eigenvalue weighted by molar-refractivity contribution is 5.68. The molecular formula is C14H14F2N2O. The topological polar surface area (TPSA) is 47.3 Å². The molecule has 0 spiro atoms. The number of hydrogen-bond acceptors (Lipinski definition) is 3. The third-order valence-corrected chi connectivity index (χ3v) is 2.75. The maximum Gasteiger partial charge on any atom is 0.167 e. The van der Waals surface area contributed by atoms with E-state index in [2.05, 4.69) is 5.32 Å². The van der Waals surface area contributed by atoms with E-state index >= 15 is 0 Å². The van der Waals surface area contributed by atoms with Crippen LogP contribution in [0.15, 0.2) is 36.4 Å². The van der Waals surface area contributed by atoms with Crippen LogP contribution in [0.3, 0.4) is 0 Å². The Hall–Kier alpha value is -2.30. The standard InChI is InChI=1S/C14H14F2N2O/c1-19-14-7-13(12(17)6-11(14)16)18-8-9-4-2-3-5-10(9)15/h2-7,18H,8,17H2,1H3. The van der Waals surface area contributed by atoms with E-state index in [-0.39, 0.29) is 23.8 Å². The molecular weight excluding hydrogens is 250 g/mol. The number of nitrogens with one attached hydrogen (secondary N) is 1. The summed E-state index contributed by atoms with van der Waals surface area (Å²) in [6.07, 6.45) is 0. The second kappa shape index (κ2) is 5.56. The molecule has 0 saturated heterocycles. The molecule has 3 N–H and O–H groups in total. The van der Waals surface area contributed by atoms with Crippen molar-refractivity contribution in [3.05, 3.63) is 53.6 Å². The van der Waals surface area contributed by atoms with Crippen molar-refractivity contribution in [3.63, 3.8) is 0 Å². The Morgan fingerprint density at radius 3 is 2.58 bits per heavy atom. The second-order valence-corrected chi connectivity index (χ2v) is 4.02. The van der Waals surface area contributed by atoms with Crippen LogP contribution < -0.4 is 15.8 Å². The van der Waals surface area contributed by atoms with E-state index in [0.29, 0.717) is 11.3 Å². The normalized spacial score (nSPS) is 10.3. The molecule has 3 nitrogen and oxygen atoms in total. The number of anilines is 2. The van der Waals surface area contributed by atoms with E-state index < -0.39 is 5.82 Å². The Bertz CT molecular complexity index is 588. The molecule has 0 bridgehead atoms. The third kappa shape index (κ3) is 2.93. The minimum atomic E-state index is -0.531. The summed E-state index contributed by atoms with van der Waals surface area (Å²) in [7, 11) is 1.37. The van der Waals surface area contributed by atoms with Gasteiger partial charge in [-0.3, -0.25) is 0 Å². The maximum atomic E-state index is 13.4. The fourth-order valence-electron chi connectivity index (χ4n) is 1.71. The van der Waals surface area contributed by atoms with E-state index in [1.54, 1.807) is 18.2 Å². The zero-order valence-electron chi connectivity index (χ0n) is 10.4. The van der Waals surface area contributed by atoms with Crippen molar-refractivity contribution < 1.29 is 13.5 Å². The fourth-order valence-corrected chi connectivity index (χ4v) is 1.71.